The maximum atomic E-state index is 10.6. The van der Waals surface area contributed by atoms with Crippen molar-refractivity contribution in [3.05, 3.63) is 17.5 Å². The molecular weight excluding hydrogens is 178 g/mol. The molecule has 0 aromatic carbocycles. The van der Waals surface area contributed by atoms with Gasteiger partial charge in [-0.2, -0.15) is 5.10 Å². The van der Waals surface area contributed by atoms with Gasteiger partial charge >= 0.3 is 0 Å². The number of nitrogens with zero attached hydrogens (tertiary/aromatic N) is 2. The summed E-state index contributed by atoms with van der Waals surface area (Å²) in [4.78, 5) is 10.6. The highest BCUT2D eigenvalue weighted by Gasteiger charge is 2.16. The Morgan fingerprint density at radius 2 is 2.64 bits per heavy atom. The Morgan fingerprint density at radius 3 is 3.21 bits per heavy atom. The van der Waals surface area contributed by atoms with E-state index in [0.717, 1.165) is 24.9 Å². The molecule has 0 radical (unpaired) electrons. The highest BCUT2D eigenvalue weighted by atomic mass is 16.1. The Morgan fingerprint density at radius 1 is 1.79 bits per heavy atom. The molecule has 4 heteroatoms. The lowest BCUT2D eigenvalue weighted by Crippen LogP contribution is -2.23. The van der Waals surface area contributed by atoms with Crippen molar-refractivity contribution in [3.63, 3.8) is 0 Å². The maximum absolute atomic E-state index is 10.6. The number of carbonyl (C=O) groups excluding carboxylic acids is 1. The standard InChI is InChI=1S/C10H15N3O/c1-13-10(7-14)6-9(12-13)5-8-3-2-4-11-8/h6-8,11H,2-5H2,1H3. The minimum absolute atomic E-state index is 0.546. The second-order valence-corrected chi connectivity index (χ2v) is 3.80. The van der Waals surface area contributed by atoms with Crippen molar-refractivity contribution in [1.82, 2.24) is 15.1 Å². The fourth-order valence-corrected chi connectivity index (χ4v) is 1.94. The molecular formula is C10H15N3O. The number of hydrogen-bond acceptors (Lipinski definition) is 3. The molecule has 1 fully saturated rings. The average Bonchev–Trinajstić information content (AvgIpc) is 2.76. The van der Waals surface area contributed by atoms with Crippen molar-refractivity contribution >= 4 is 6.29 Å². The number of aryl methyl sites for hydroxylation is 1. The molecule has 1 N–H and O–H groups in total. The van der Waals surface area contributed by atoms with Crippen LogP contribution in [0.15, 0.2) is 6.07 Å². The molecule has 1 atom stereocenters. The fraction of sp³-hybridized carbons (Fsp3) is 0.600. The van der Waals surface area contributed by atoms with Crippen LogP contribution in [-0.2, 0) is 13.5 Å². The molecule has 1 saturated heterocycles. The Bertz CT molecular complexity index is 326. The molecule has 1 unspecified atom stereocenters. The highest BCUT2D eigenvalue weighted by Crippen LogP contribution is 2.11. The second-order valence-electron chi connectivity index (χ2n) is 3.80. The van der Waals surface area contributed by atoms with Crippen LogP contribution in [0.4, 0.5) is 0 Å². The monoisotopic (exact) mass is 193 g/mol. The van der Waals surface area contributed by atoms with Crippen LogP contribution in [0.5, 0.6) is 0 Å². The minimum Gasteiger partial charge on any atom is -0.314 e. The van der Waals surface area contributed by atoms with E-state index in [1.807, 2.05) is 6.07 Å². The van der Waals surface area contributed by atoms with E-state index >= 15 is 0 Å². The van der Waals surface area contributed by atoms with Crippen molar-refractivity contribution in [2.24, 2.45) is 7.05 Å². The lowest BCUT2D eigenvalue weighted by atomic mass is 10.1. The highest BCUT2D eigenvalue weighted by molar-refractivity contribution is 5.72. The van der Waals surface area contributed by atoms with Gasteiger partial charge in [0, 0.05) is 19.5 Å². The Labute approximate surface area is 83.3 Å². The Balaban J connectivity index is 2.04. The van der Waals surface area contributed by atoms with E-state index in [4.69, 9.17) is 0 Å². The molecule has 0 spiro atoms. The van der Waals surface area contributed by atoms with Crippen LogP contribution in [0, 0.1) is 0 Å². The van der Waals surface area contributed by atoms with Crippen molar-refractivity contribution in [3.8, 4) is 0 Å². The zero-order valence-corrected chi connectivity index (χ0v) is 8.36. The summed E-state index contributed by atoms with van der Waals surface area (Å²) in [5, 5.41) is 7.70. The molecule has 0 bridgehead atoms. The smallest absolute Gasteiger partial charge is 0.168 e. The van der Waals surface area contributed by atoms with Gasteiger partial charge in [0.05, 0.1) is 5.69 Å². The van der Waals surface area contributed by atoms with Gasteiger partial charge in [0.15, 0.2) is 6.29 Å². The predicted octanol–water partition coefficient (Wildman–Crippen LogP) is 0.527. The maximum Gasteiger partial charge on any atom is 0.168 e. The first-order chi connectivity index (χ1) is 6.79. The fourth-order valence-electron chi connectivity index (χ4n) is 1.94. The third kappa shape index (κ3) is 1.85. The van der Waals surface area contributed by atoms with Crippen molar-refractivity contribution in [2.75, 3.05) is 6.54 Å². The van der Waals surface area contributed by atoms with Gasteiger partial charge in [0.2, 0.25) is 0 Å². The molecule has 1 aromatic rings. The predicted molar refractivity (Wildman–Crippen MR) is 53.3 cm³/mol. The van der Waals surface area contributed by atoms with Crippen LogP contribution in [0.1, 0.15) is 29.0 Å². The van der Waals surface area contributed by atoms with Gasteiger partial charge in [-0.1, -0.05) is 0 Å². The summed E-state index contributed by atoms with van der Waals surface area (Å²) in [5.74, 6) is 0. The SMILES string of the molecule is Cn1nc(CC2CCCN2)cc1C=O. The lowest BCUT2D eigenvalue weighted by Gasteiger charge is -2.06. The van der Waals surface area contributed by atoms with Crippen LogP contribution in [0.2, 0.25) is 0 Å². The van der Waals surface area contributed by atoms with Gasteiger partial charge in [-0.05, 0) is 25.5 Å². The van der Waals surface area contributed by atoms with Crippen molar-refractivity contribution in [2.45, 2.75) is 25.3 Å². The number of aromatic nitrogens is 2. The summed E-state index contributed by atoms with van der Waals surface area (Å²) in [6.45, 7) is 1.11. The number of rotatable bonds is 3. The summed E-state index contributed by atoms with van der Waals surface area (Å²) in [5.41, 5.74) is 1.66. The summed E-state index contributed by atoms with van der Waals surface area (Å²) in [7, 11) is 1.80. The second kappa shape index (κ2) is 3.92. The van der Waals surface area contributed by atoms with Crippen molar-refractivity contribution in [1.29, 1.82) is 0 Å². The summed E-state index contributed by atoms with van der Waals surface area (Å²) < 4.78 is 1.64. The van der Waals surface area contributed by atoms with Crippen LogP contribution in [0.3, 0.4) is 0 Å². The van der Waals surface area contributed by atoms with Gasteiger partial charge in [-0.15, -0.1) is 0 Å². The van der Waals surface area contributed by atoms with Crippen LogP contribution in [0.25, 0.3) is 0 Å². The van der Waals surface area contributed by atoms with E-state index in [1.54, 1.807) is 11.7 Å². The van der Waals surface area contributed by atoms with Crippen LogP contribution in [-0.4, -0.2) is 28.7 Å². The van der Waals surface area contributed by atoms with E-state index in [9.17, 15) is 4.79 Å². The third-order valence-electron chi connectivity index (χ3n) is 2.71. The Hall–Kier alpha value is -1.16. The van der Waals surface area contributed by atoms with Crippen LogP contribution >= 0.6 is 0 Å². The normalized spacial score (nSPS) is 21.4. The third-order valence-corrected chi connectivity index (χ3v) is 2.71. The number of aldehydes is 1. The largest absolute Gasteiger partial charge is 0.314 e. The van der Waals surface area contributed by atoms with Gasteiger partial charge in [0.25, 0.3) is 0 Å². The minimum atomic E-state index is 0.546. The van der Waals surface area contributed by atoms with E-state index < -0.39 is 0 Å². The van der Waals surface area contributed by atoms with Gasteiger partial charge in [0.1, 0.15) is 5.69 Å². The quantitative estimate of drug-likeness (QED) is 0.712. The zero-order chi connectivity index (χ0) is 9.97. The molecule has 1 aromatic heterocycles. The molecule has 1 aliphatic rings. The average molecular weight is 193 g/mol. The lowest BCUT2D eigenvalue weighted by molar-refractivity contribution is 0.111. The van der Waals surface area contributed by atoms with Crippen molar-refractivity contribution < 1.29 is 4.79 Å². The summed E-state index contributed by atoms with van der Waals surface area (Å²) in [6, 6.07) is 2.41. The summed E-state index contributed by atoms with van der Waals surface area (Å²) >= 11 is 0. The van der Waals surface area contributed by atoms with E-state index in [2.05, 4.69) is 10.4 Å². The number of carbonyl (C=O) groups is 1. The van der Waals surface area contributed by atoms with Gasteiger partial charge < -0.3 is 5.32 Å². The molecule has 0 amide bonds. The zero-order valence-electron chi connectivity index (χ0n) is 8.36. The van der Waals surface area contributed by atoms with Crippen LogP contribution < -0.4 is 5.32 Å². The van der Waals surface area contributed by atoms with Gasteiger partial charge in [-0.3, -0.25) is 9.48 Å². The first kappa shape index (κ1) is 9.40. The molecule has 14 heavy (non-hydrogen) atoms. The number of nitrogens with one attached hydrogen (secondary N) is 1. The van der Waals surface area contributed by atoms with E-state index in [-0.39, 0.29) is 0 Å². The van der Waals surface area contributed by atoms with E-state index in [1.165, 1.54) is 12.8 Å². The Kier molecular flexibility index (Phi) is 2.63. The summed E-state index contributed by atoms with van der Waals surface area (Å²) in [6.07, 6.45) is 4.24. The molecule has 2 rings (SSSR count). The first-order valence-corrected chi connectivity index (χ1v) is 5.01. The number of hydrogen-bond donors (Lipinski definition) is 1. The molecule has 76 valence electrons. The molecule has 4 nitrogen and oxygen atoms in total. The molecule has 1 aliphatic heterocycles. The van der Waals surface area contributed by atoms with Gasteiger partial charge in [-0.25, -0.2) is 0 Å². The topological polar surface area (TPSA) is 46.9 Å². The van der Waals surface area contributed by atoms with E-state index in [0.29, 0.717) is 11.7 Å². The first-order valence-electron chi connectivity index (χ1n) is 5.01. The molecule has 2 heterocycles. The molecule has 0 aliphatic carbocycles. The molecule has 0 saturated carbocycles.